The van der Waals surface area contributed by atoms with Gasteiger partial charge < -0.3 is 5.73 Å². The highest BCUT2D eigenvalue weighted by molar-refractivity contribution is 7.89. The molecule has 0 aliphatic heterocycles. The van der Waals surface area contributed by atoms with Crippen molar-refractivity contribution in [2.75, 3.05) is 0 Å². The number of amides is 1. The van der Waals surface area contributed by atoms with Crippen LogP contribution in [0, 0.1) is 19.8 Å². The second-order valence-electron chi connectivity index (χ2n) is 5.44. The molecule has 110 valence electrons. The minimum atomic E-state index is -3.62. The van der Waals surface area contributed by atoms with E-state index in [1.807, 2.05) is 13.0 Å². The zero-order chi connectivity index (χ0) is 14.9. The van der Waals surface area contributed by atoms with Crippen LogP contribution in [0.5, 0.6) is 0 Å². The highest BCUT2D eigenvalue weighted by Crippen LogP contribution is 2.27. The maximum absolute atomic E-state index is 12.5. The van der Waals surface area contributed by atoms with Gasteiger partial charge >= 0.3 is 0 Å². The first kappa shape index (κ1) is 15.0. The number of sulfonamides is 1. The van der Waals surface area contributed by atoms with E-state index in [9.17, 15) is 13.2 Å². The SMILES string of the molecule is Cc1ccc(C)c(S(=O)(=O)N[C@H]2CCC[C@@H]2C(N)=O)c1. The summed E-state index contributed by atoms with van der Waals surface area (Å²) in [5.74, 6) is -0.842. The Balaban J connectivity index is 2.27. The van der Waals surface area contributed by atoms with E-state index in [-0.39, 0.29) is 4.90 Å². The van der Waals surface area contributed by atoms with Crippen molar-refractivity contribution in [1.82, 2.24) is 4.72 Å². The molecule has 0 saturated heterocycles. The van der Waals surface area contributed by atoms with Gasteiger partial charge in [-0.3, -0.25) is 4.79 Å². The second kappa shape index (κ2) is 5.54. The van der Waals surface area contributed by atoms with Crippen LogP contribution in [0.2, 0.25) is 0 Å². The van der Waals surface area contributed by atoms with Crippen molar-refractivity contribution >= 4 is 15.9 Å². The Morgan fingerprint density at radius 1 is 1.30 bits per heavy atom. The van der Waals surface area contributed by atoms with Crippen LogP contribution < -0.4 is 10.5 Å². The summed E-state index contributed by atoms with van der Waals surface area (Å²) in [6.07, 6.45) is 2.11. The van der Waals surface area contributed by atoms with E-state index in [1.54, 1.807) is 19.1 Å². The van der Waals surface area contributed by atoms with Crippen LogP contribution in [0.25, 0.3) is 0 Å². The molecule has 1 aromatic carbocycles. The normalized spacial score (nSPS) is 22.9. The Morgan fingerprint density at radius 2 is 2.00 bits per heavy atom. The lowest BCUT2D eigenvalue weighted by molar-refractivity contribution is -0.122. The van der Waals surface area contributed by atoms with Gasteiger partial charge in [0.25, 0.3) is 0 Å². The van der Waals surface area contributed by atoms with E-state index in [0.717, 1.165) is 12.0 Å². The molecule has 1 aromatic rings. The number of carbonyl (C=O) groups is 1. The largest absolute Gasteiger partial charge is 0.369 e. The number of rotatable bonds is 4. The van der Waals surface area contributed by atoms with E-state index in [1.165, 1.54) is 0 Å². The lowest BCUT2D eigenvalue weighted by atomic mass is 10.0. The first-order valence-corrected chi connectivity index (χ1v) is 8.18. The molecule has 1 aliphatic carbocycles. The number of hydrogen-bond donors (Lipinski definition) is 2. The Labute approximate surface area is 119 Å². The van der Waals surface area contributed by atoms with E-state index in [4.69, 9.17) is 5.73 Å². The molecule has 2 rings (SSSR count). The van der Waals surface area contributed by atoms with Gasteiger partial charge in [0.05, 0.1) is 10.8 Å². The number of nitrogens with two attached hydrogens (primary N) is 1. The van der Waals surface area contributed by atoms with Crippen LogP contribution in [0.1, 0.15) is 30.4 Å². The number of aryl methyl sites for hydroxylation is 2. The number of primary amides is 1. The van der Waals surface area contributed by atoms with Crippen LogP contribution in [0.4, 0.5) is 0 Å². The fraction of sp³-hybridized carbons (Fsp3) is 0.500. The van der Waals surface area contributed by atoms with Crippen molar-refractivity contribution in [2.45, 2.75) is 44.0 Å². The third-order valence-electron chi connectivity index (χ3n) is 3.82. The molecular weight excluding hydrogens is 276 g/mol. The van der Waals surface area contributed by atoms with Gasteiger partial charge in [0.15, 0.2) is 0 Å². The number of carbonyl (C=O) groups excluding carboxylic acids is 1. The highest BCUT2D eigenvalue weighted by Gasteiger charge is 2.35. The molecule has 0 heterocycles. The number of nitrogens with one attached hydrogen (secondary N) is 1. The van der Waals surface area contributed by atoms with Crippen LogP contribution >= 0.6 is 0 Å². The van der Waals surface area contributed by atoms with Gasteiger partial charge in [-0.1, -0.05) is 18.6 Å². The van der Waals surface area contributed by atoms with E-state index < -0.39 is 27.9 Å². The standard InChI is InChI=1S/C14H20N2O3S/c1-9-6-7-10(2)13(8-9)20(18,19)16-12-5-3-4-11(12)14(15)17/h6-8,11-12,16H,3-5H2,1-2H3,(H2,15,17)/t11-,12-/m0/s1. The second-order valence-corrected chi connectivity index (χ2v) is 7.12. The Bertz CT molecular complexity index is 625. The molecule has 0 radical (unpaired) electrons. The lowest BCUT2D eigenvalue weighted by Gasteiger charge is -2.19. The number of benzene rings is 1. The highest BCUT2D eigenvalue weighted by atomic mass is 32.2. The molecule has 6 heteroatoms. The van der Waals surface area contributed by atoms with Gasteiger partial charge in [0.1, 0.15) is 0 Å². The summed E-state index contributed by atoms with van der Waals surface area (Å²) in [7, 11) is -3.62. The summed E-state index contributed by atoms with van der Waals surface area (Å²) < 4.78 is 27.6. The van der Waals surface area contributed by atoms with Crippen LogP contribution in [0.3, 0.4) is 0 Å². The van der Waals surface area contributed by atoms with Crippen molar-refractivity contribution < 1.29 is 13.2 Å². The summed E-state index contributed by atoms with van der Waals surface area (Å²) in [6, 6.07) is 4.91. The quantitative estimate of drug-likeness (QED) is 0.876. The lowest BCUT2D eigenvalue weighted by Crippen LogP contribution is -2.42. The fourth-order valence-electron chi connectivity index (χ4n) is 2.70. The van der Waals surface area contributed by atoms with Crippen LogP contribution in [0.15, 0.2) is 23.1 Å². The minimum absolute atomic E-state index is 0.271. The van der Waals surface area contributed by atoms with E-state index >= 15 is 0 Å². The predicted octanol–water partition coefficient (Wildman–Crippen LogP) is 1.24. The van der Waals surface area contributed by atoms with Gasteiger partial charge in [-0.05, 0) is 43.9 Å². The van der Waals surface area contributed by atoms with Crippen LogP contribution in [-0.2, 0) is 14.8 Å². The molecule has 0 bridgehead atoms. The van der Waals surface area contributed by atoms with Gasteiger partial charge in [0.2, 0.25) is 15.9 Å². The third kappa shape index (κ3) is 3.02. The molecule has 0 spiro atoms. The Kier molecular flexibility index (Phi) is 4.15. The molecule has 20 heavy (non-hydrogen) atoms. The van der Waals surface area contributed by atoms with Crippen molar-refractivity contribution in [3.8, 4) is 0 Å². The topological polar surface area (TPSA) is 89.3 Å². The zero-order valence-electron chi connectivity index (χ0n) is 11.7. The first-order chi connectivity index (χ1) is 9.31. The first-order valence-electron chi connectivity index (χ1n) is 6.70. The molecule has 0 unspecified atom stereocenters. The monoisotopic (exact) mass is 296 g/mol. The molecule has 0 aromatic heterocycles. The molecule has 1 aliphatic rings. The maximum atomic E-state index is 12.5. The minimum Gasteiger partial charge on any atom is -0.369 e. The molecular formula is C14H20N2O3S. The summed E-state index contributed by atoms with van der Waals surface area (Å²) in [6.45, 7) is 3.61. The third-order valence-corrected chi connectivity index (χ3v) is 5.45. The summed E-state index contributed by atoms with van der Waals surface area (Å²) in [4.78, 5) is 11.6. The van der Waals surface area contributed by atoms with Crippen molar-refractivity contribution in [3.63, 3.8) is 0 Å². The van der Waals surface area contributed by atoms with E-state index in [0.29, 0.717) is 18.4 Å². The van der Waals surface area contributed by atoms with Gasteiger partial charge in [-0.2, -0.15) is 0 Å². The Morgan fingerprint density at radius 3 is 2.65 bits per heavy atom. The van der Waals surface area contributed by atoms with Crippen molar-refractivity contribution in [3.05, 3.63) is 29.3 Å². The molecule has 3 N–H and O–H groups in total. The van der Waals surface area contributed by atoms with Crippen molar-refractivity contribution in [1.29, 1.82) is 0 Å². The average Bonchev–Trinajstić information content (AvgIpc) is 2.79. The molecule has 1 amide bonds. The van der Waals surface area contributed by atoms with Gasteiger partial charge in [-0.15, -0.1) is 0 Å². The van der Waals surface area contributed by atoms with E-state index in [2.05, 4.69) is 4.72 Å². The average molecular weight is 296 g/mol. The van der Waals surface area contributed by atoms with Crippen LogP contribution in [-0.4, -0.2) is 20.4 Å². The molecule has 1 saturated carbocycles. The smallest absolute Gasteiger partial charge is 0.241 e. The Hall–Kier alpha value is -1.40. The maximum Gasteiger partial charge on any atom is 0.241 e. The summed E-state index contributed by atoms with van der Waals surface area (Å²) in [5.41, 5.74) is 6.90. The van der Waals surface area contributed by atoms with Gasteiger partial charge in [-0.25, -0.2) is 13.1 Å². The zero-order valence-corrected chi connectivity index (χ0v) is 12.5. The van der Waals surface area contributed by atoms with Gasteiger partial charge in [0, 0.05) is 6.04 Å². The predicted molar refractivity (Wildman–Crippen MR) is 76.6 cm³/mol. The molecule has 1 fully saturated rings. The molecule has 5 nitrogen and oxygen atoms in total. The van der Waals surface area contributed by atoms with Crippen molar-refractivity contribution in [2.24, 2.45) is 11.7 Å². The number of hydrogen-bond acceptors (Lipinski definition) is 3. The summed E-state index contributed by atoms with van der Waals surface area (Å²) in [5, 5.41) is 0. The molecule has 2 atom stereocenters. The summed E-state index contributed by atoms with van der Waals surface area (Å²) >= 11 is 0. The fourth-order valence-corrected chi connectivity index (χ4v) is 4.34.